The molecule has 1 aromatic carbocycles. The second-order valence-electron chi connectivity index (χ2n) is 4.51. The van der Waals surface area contributed by atoms with Gasteiger partial charge >= 0.3 is 0 Å². The van der Waals surface area contributed by atoms with Gasteiger partial charge in [0, 0.05) is 38.6 Å². The van der Waals surface area contributed by atoms with Crippen LogP contribution in [0.25, 0.3) is 0 Å². The summed E-state index contributed by atoms with van der Waals surface area (Å²) in [6, 6.07) is 4.37. The summed E-state index contributed by atoms with van der Waals surface area (Å²) < 4.78 is 26.5. The van der Waals surface area contributed by atoms with Crippen LogP contribution in [0, 0.1) is 0 Å². The van der Waals surface area contributed by atoms with Crippen molar-refractivity contribution in [2.75, 3.05) is 38.6 Å². The molecule has 0 aliphatic carbocycles. The van der Waals surface area contributed by atoms with Crippen molar-refractivity contribution in [3.63, 3.8) is 0 Å². The van der Waals surface area contributed by atoms with Crippen molar-refractivity contribution in [1.29, 1.82) is 0 Å². The number of nitrogens with zero attached hydrogens (tertiary/aromatic N) is 2. The van der Waals surface area contributed by atoms with Crippen LogP contribution in [0.1, 0.15) is 0 Å². The zero-order valence-corrected chi connectivity index (χ0v) is 13.8. The summed E-state index contributed by atoms with van der Waals surface area (Å²) in [5.41, 5.74) is 0. The minimum absolute atomic E-state index is 0.178. The lowest BCUT2D eigenvalue weighted by Gasteiger charge is -2.33. The number of halogens is 3. The third-order valence-corrected chi connectivity index (χ3v) is 6.06. The molecule has 0 N–H and O–H groups in total. The van der Waals surface area contributed by atoms with E-state index in [1.54, 1.807) is 0 Å². The first-order chi connectivity index (χ1) is 9.45. The van der Waals surface area contributed by atoms with Gasteiger partial charge in [-0.2, -0.15) is 4.31 Å². The summed E-state index contributed by atoms with van der Waals surface area (Å²) in [4.78, 5) is 2.33. The molecule has 0 saturated carbocycles. The van der Waals surface area contributed by atoms with Crippen LogP contribution in [0.2, 0.25) is 10.0 Å². The number of rotatable bonds is 4. The average Bonchev–Trinajstić information content (AvgIpc) is 2.43. The second-order valence-corrected chi connectivity index (χ2v) is 7.64. The standard InChI is InChI=1S/C12H15Cl3N2O2S/c13-3-4-16-5-7-17(8-6-16)20(18,19)10-1-2-11(14)12(15)9-10/h1-2,9H,3-8H2. The minimum Gasteiger partial charge on any atom is -0.300 e. The van der Waals surface area contributed by atoms with E-state index in [1.807, 2.05) is 0 Å². The molecule has 112 valence electrons. The van der Waals surface area contributed by atoms with Crippen LogP contribution in [0.15, 0.2) is 23.1 Å². The van der Waals surface area contributed by atoms with Gasteiger partial charge in [0.2, 0.25) is 10.0 Å². The van der Waals surface area contributed by atoms with Crippen molar-refractivity contribution < 1.29 is 8.42 Å². The van der Waals surface area contributed by atoms with Gasteiger partial charge in [-0.15, -0.1) is 11.6 Å². The molecule has 1 fully saturated rings. The monoisotopic (exact) mass is 356 g/mol. The van der Waals surface area contributed by atoms with E-state index in [2.05, 4.69) is 4.90 Å². The fourth-order valence-corrected chi connectivity index (χ4v) is 4.15. The number of hydrogen-bond acceptors (Lipinski definition) is 3. The van der Waals surface area contributed by atoms with Gasteiger partial charge in [-0.3, -0.25) is 4.90 Å². The van der Waals surface area contributed by atoms with Gasteiger partial charge in [0.25, 0.3) is 0 Å². The highest BCUT2D eigenvalue weighted by Crippen LogP contribution is 2.26. The molecule has 1 saturated heterocycles. The van der Waals surface area contributed by atoms with Crippen LogP contribution in [-0.2, 0) is 10.0 Å². The van der Waals surface area contributed by atoms with Gasteiger partial charge < -0.3 is 0 Å². The second kappa shape index (κ2) is 6.81. The third kappa shape index (κ3) is 3.59. The number of piperazine rings is 1. The van der Waals surface area contributed by atoms with Gasteiger partial charge in [0.15, 0.2) is 0 Å². The zero-order chi connectivity index (χ0) is 14.8. The van der Waals surface area contributed by atoms with Crippen molar-refractivity contribution in [2.45, 2.75) is 4.90 Å². The zero-order valence-electron chi connectivity index (χ0n) is 10.7. The molecule has 2 rings (SSSR count). The van der Waals surface area contributed by atoms with Crippen molar-refractivity contribution in [1.82, 2.24) is 9.21 Å². The maximum absolute atomic E-state index is 12.5. The minimum atomic E-state index is -3.51. The van der Waals surface area contributed by atoms with E-state index in [1.165, 1.54) is 22.5 Å². The Labute approximate surface area is 134 Å². The van der Waals surface area contributed by atoms with E-state index in [0.717, 1.165) is 6.54 Å². The molecule has 1 aliphatic rings. The van der Waals surface area contributed by atoms with Crippen molar-refractivity contribution >= 4 is 44.8 Å². The molecule has 0 radical (unpaired) electrons. The molecule has 1 aromatic rings. The number of alkyl halides is 1. The van der Waals surface area contributed by atoms with E-state index in [-0.39, 0.29) is 9.92 Å². The van der Waals surface area contributed by atoms with E-state index < -0.39 is 10.0 Å². The summed E-state index contributed by atoms with van der Waals surface area (Å²) in [6.45, 7) is 3.07. The van der Waals surface area contributed by atoms with E-state index in [0.29, 0.717) is 37.1 Å². The highest BCUT2D eigenvalue weighted by Gasteiger charge is 2.28. The Morgan fingerprint density at radius 3 is 2.25 bits per heavy atom. The first-order valence-corrected chi connectivity index (χ1v) is 8.91. The third-order valence-electron chi connectivity index (χ3n) is 3.26. The Kier molecular flexibility index (Phi) is 5.56. The Morgan fingerprint density at radius 2 is 1.70 bits per heavy atom. The van der Waals surface area contributed by atoms with Gasteiger partial charge in [-0.25, -0.2) is 8.42 Å². The number of sulfonamides is 1. The van der Waals surface area contributed by atoms with E-state index >= 15 is 0 Å². The van der Waals surface area contributed by atoms with E-state index in [4.69, 9.17) is 34.8 Å². The van der Waals surface area contributed by atoms with Crippen molar-refractivity contribution in [3.05, 3.63) is 28.2 Å². The lowest BCUT2D eigenvalue weighted by molar-refractivity contribution is 0.197. The van der Waals surface area contributed by atoms with Gasteiger partial charge in [0.1, 0.15) is 0 Å². The van der Waals surface area contributed by atoms with Crippen LogP contribution in [-0.4, -0.2) is 56.2 Å². The highest BCUT2D eigenvalue weighted by molar-refractivity contribution is 7.89. The molecular weight excluding hydrogens is 343 g/mol. The highest BCUT2D eigenvalue weighted by atomic mass is 35.5. The molecule has 0 amide bonds. The fraction of sp³-hybridized carbons (Fsp3) is 0.500. The molecule has 1 aliphatic heterocycles. The van der Waals surface area contributed by atoms with Crippen LogP contribution in [0.3, 0.4) is 0 Å². The van der Waals surface area contributed by atoms with E-state index in [9.17, 15) is 8.42 Å². The topological polar surface area (TPSA) is 40.6 Å². The maximum atomic E-state index is 12.5. The number of hydrogen-bond donors (Lipinski definition) is 0. The summed E-state index contributed by atoms with van der Waals surface area (Å²) in [7, 11) is -3.51. The smallest absolute Gasteiger partial charge is 0.243 e. The molecule has 0 spiro atoms. The largest absolute Gasteiger partial charge is 0.300 e. The molecule has 1 heterocycles. The summed E-state index contributed by atoms with van der Waals surface area (Å²) in [5, 5.41) is 0.589. The Morgan fingerprint density at radius 1 is 1.05 bits per heavy atom. The maximum Gasteiger partial charge on any atom is 0.243 e. The summed E-state index contributed by atoms with van der Waals surface area (Å²) >= 11 is 17.4. The van der Waals surface area contributed by atoms with Crippen LogP contribution in [0.5, 0.6) is 0 Å². The van der Waals surface area contributed by atoms with Crippen LogP contribution < -0.4 is 0 Å². The first kappa shape index (κ1) is 16.3. The molecule has 0 unspecified atom stereocenters. The van der Waals surface area contributed by atoms with Crippen molar-refractivity contribution in [3.8, 4) is 0 Å². The first-order valence-electron chi connectivity index (χ1n) is 6.18. The van der Waals surface area contributed by atoms with Gasteiger partial charge in [-0.05, 0) is 18.2 Å². The fourth-order valence-electron chi connectivity index (χ4n) is 2.10. The molecule has 4 nitrogen and oxygen atoms in total. The summed E-state index contributed by atoms with van der Waals surface area (Å²) in [5.74, 6) is 0.555. The van der Waals surface area contributed by atoms with Crippen molar-refractivity contribution in [2.24, 2.45) is 0 Å². The molecule has 0 aromatic heterocycles. The lowest BCUT2D eigenvalue weighted by atomic mass is 10.4. The SMILES string of the molecule is O=S(=O)(c1ccc(Cl)c(Cl)c1)N1CCN(CCCl)CC1. The Balaban J connectivity index is 2.13. The molecule has 0 atom stereocenters. The molecule has 8 heteroatoms. The predicted octanol–water partition coefficient (Wildman–Crippen LogP) is 2.54. The lowest BCUT2D eigenvalue weighted by Crippen LogP contribution is -2.48. The van der Waals surface area contributed by atoms with Crippen LogP contribution in [0.4, 0.5) is 0 Å². The Hall–Kier alpha value is -0.0400. The molecular formula is C12H15Cl3N2O2S. The molecule has 0 bridgehead atoms. The predicted molar refractivity (Wildman–Crippen MR) is 82.4 cm³/mol. The van der Waals surface area contributed by atoms with Gasteiger partial charge in [-0.1, -0.05) is 23.2 Å². The molecule has 20 heavy (non-hydrogen) atoms. The summed E-state index contributed by atoms with van der Waals surface area (Å²) in [6.07, 6.45) is 0. The van der Waals surface area contributed by atoms with Gasteiger partial charge in [0.05, 0.1) is 14.9 Å². The average molecular weight is 358 g/mol. The number of benzene rings is 1. The Bertz CT molecular complexity index is 572. The normalized spacial score (nSPS) is 18.4. The van der Waals surface area contributed by atoms with Crippen LogP contribution >= 0.6 is 34.8 Å². The quantitative estimate of drug-likeness (QED) is 0.778.